The van der Waals surface area contributed by atoms with Crippen LogP contribution in [0.1, 0.15) is 36.8 Å². The van der Waals surface area contributed by atoms with Crippen LogP contribution in [0, 0.1) is 0 Å². The van der Waals surface area contributed by atoms with E-state index in [0.29, 0.717) is 17.1 Å². The molecule has 0 aliphatic heterocycles. The number of nitrogens with one attached hydrogen (secondary N) is 2. The second-order valence-electron chi connectivity index (χ2n) is 5.71. The Morgan fingerprint density at radius 1 is 1.14 bits per heavy atom. The largest absolute Gasteiger partial charge is 0.373 e. The first kappa shape index (κ1) is 14.9. The third kappa shape index (κ3) is 3.75. The molecule has 1 amide bonds. The highest BCUT2D eigenvalue weighted by molar-refractivity contribution is 6.04. The molecule has 0 fully saturated rings. The molecule has 2 N–H and O–H groups in total. The summed E-state index contributed by atoms with van der Waals surface area (Å²) in [5.41, 5.74) is 1.81. The predicted molar refractivity (Wildman–Crippen MR) is 82.5 cm³/mol. The van der Waals surface area contributed by atoms with Crippen molar-refractivity contribution in [2.45, 2.75) is 26.2 Å². The van der Waals surface area contributed by atoms with E-state index in [-0.39, 0.29) is 11.3 Å². The lowest BCUT2D eigenvalue weighted by molar-refractivity contribution is 0.102. The summed E-state index contributed by atoms with van der Waals surface area (Å²) in [7, 11) is 1.78. The summed E-state index contributed by atoms with van der Waals surface area (Å²) < 4.78 is 0. The molecule has 0 saturated carbocycles. The average molecular weight is 285 g/mol. The molecule has 0 atom stereocenters. The van der Waals surface area contributed by atoms with E-state index in [1.807, 2.05) is 0 Å². The first-order chi connectivity index (χ1) is 9.90. The van der Waals surface area contributed by atoms with Crippen LogP contribution in [0.2, 0.25) is 0 Å². The van der Waals surface area contributed by atoms with E-state index in [0.717, 1.165) is 5.69 Å². The van der Waals surface area contributed by atoms with Gasteiger partial charge in [-0.05, 0) is 12.1 Å². The fraction of sp³-hybridized carbons (Fsp3) is 0.333. The number of pyridine rings is 1. The lowest BCUT2D eigenvalue weighted by Gasteiger charge is -2.19. The molecule has 0 bridgehead atoms. The van der Waals surface area contributed by atoms with Crippen molar-refractivity contribution in [1.82, 2.24) is 15.0 Å². The van der Waals surface area contributed by atoms with Crippen molar-refractivity contribution in [3.63, 3.8) is 0 Å². The molecule has 110 valence electrons. The zero-order valence-electron chi connectivity index (χ0n) is 12.6. The van der Waals surface area contributed by atoms with Crippen LogP contribution in [-0.2, 0) is 5.41 Å². The fourth-order valence-corrected chi connectivity index (χ4v) is 1.74. The molecular formula is C15H19N5O. The molecule has 0 saturated heterocycles. The number of amides is 1. The zero-order valence-corrected chi connectivity index (χ0v) is 12.6. The van der Waals surface area contributed by atoms with Gasteiger partial charge in [-0.3, -0.25) is 4.79 Å². The molecule has 0 aliphatic carbocycles. The third-order valence-corrected chi connectivity index (χ3v) is 2.93. The molecular weight excluding hydrogens is 266 g/mol. The maximum absolute atomic E-state index is 12.3. The molecule has 0 spiro atoms. The Morgan fingerprint density at radius 3 is 2.38 bits per heavy atom. The number of rotatable bonds is 3. The minimum absolute atomic E-state index is 0.141. The Hall–Kier alpha value is -2.50. The van der Waals surface area contributed by atoms with Gasteiger partial charge in [0.1, 0.15) is 12.1 Å². The first-order valence-electron chi connectivity index (χ1n) is 6.67. The number of aromatic nitrogens is 3. The van der Waals surface area contributed by atoms with Crippen molar-refractivity contribution in [3.05, 3.63) is 42.1 Å². The minimum Gasteiger partial charge on any atom is -0.373 e. The Labute approximate surface area is 124 Å². The molecule has 0 aromatic carbocycles. The Kier molecular flexibility index (Phi) is 4.16. The van der Waals surface area contributed by atoms with Gasteiger partial charge in [0.25, 0.3) is 5.91 Å². The summed E-state index contributed by atoms with van der Waals surface area (Å²) in [5.74, 6) is 0.450. The molecule has 0 radical (unpaired) electrons. The van der Waals surface area contributed by atoms with Crippen molar-refractivity contribution in [1.29, 1.82) is 0 Å². The standard InChI is InChI=1S/C15H19N5O/c1-15(2,3)12-5-10(6-13(16-4)20-12)14(21)19-11-7-17-9-18-8-11/h5-9H,1-4H3,(H,16,20)(H,19,21). The number of carbonyl (C=O) groups is 1. The molecule has 0 unspecified atom stereocenters. The minimum atomic E-state index is -0.214. The zero-order chi connectivity index (χ0) is 15.5. The van der Waals surface area contributed by atoms with Gasteiger partial charge >= 0.3 is 0 Å². The second kappa shape index (κ2) is 5.87. The van der Waals surface area contributed by atoms with Gasteiger partial charge in [-0.25, -0.2) is 15.0 Å². The number of carbonyl (C=O) groups excluding carboxylic acids is 1. The highest BCUT2D eigenvalue weighted by Crippen LogP contribution is 2.23. The van der Waals surface area contributed by atoms with Crippen molar-refractivity contribution < 1.29 is 4.79 Å². The number of anilines is 2. The Bertz CT molecular complexity index is 634. The third-order valence-electron chi connectivity index (χ3n) is 2.93. The summed E-state index contributed by atoms with van der Waals surface area (Å²) in [6.07, 6.45) is 4.52. The van der Waals surface area contributed by atoms with E-state index in [9.17, 15) is 4.79 Å². The van der Waals surface area contributed by atoms with Gasteiger partial charge in [0.05, 0.1) is 18.1 Å². The van der Waals surface area contributed by atoms with Gasteiger partial charge in [-0.2, -0.15) is 0 Å². The fourth-order valence-electron chi connectivity index (χ4n) is 1.74. The van der Waals surface area contributed by atoms with Crippen LogP contribution in [0.3, 0.4) is 0 Å². The number of hydrogen-bond donors (Lipinski definition) is 2. The second-order valence-corrected chi connectivity index (χ2v) is 5.71. The number of nitrogens with zero attached hydrogens (tertiary/aromatic N) is 3. The van der Waals surface area contributed by atoms with Gasteiger partial charge in [0.2, 0.25) is 0 Å². The molecule has 0 aliphatic rings. The van der Waals surface area contributed by atoms with Gasteiger partial charge in [-0.1, -0.05) is 20.8 Å². The van der Waals surface area contributed by atoms with Crippen LogP contribution in [0.25, 0.3) is 0 Å². The van der Waals surface area contributed by atoms with Crippen LogP contribution in [-0.4, -0.2) is 27.9 Å². The van der Waals surface area contributed by atoms with Crippen LogP contribution in [0.5, 0.6) is 0 Å². The Morgan fingerprint density at radius 2 is 1.81 bits per heavy atom. The molecule has 2 rings (SSSR count). The smallest absolute Gasteiger partial charge is 0.255 e. The van der Waals surface area contributed by atoms with Crippen LogP contribution in [0.15, 0.2) is 30.9 Å². The summed E-state index contributed by atoms with van der Waals surface area (Å²) in [6.45, 7) is 6.17. The molecule has 6 nitrogen and oxygen atoms in total. The van der Waals surface area contributed by atoms with Crippen molar-refractivity contribution >= 4 is 17.4 Å². The van der Waals surface area contributed by atoms with Crippen LogP contribution >= 0.6 is 0 Å². The molecule has 2 heterocycles. The molecule has 2 aromatic heterocycles. The lowest BCUT2D eigenvalue weighted by atomic mass is 9.90. The van der Waals surface area contributed by atoms with Gasteiger partial charge < -0.3 is 10.6 Å². The summed E-state index contributed by atoms with van der Waals surface area (Å²) in [5, 5.41) is 5.75. The van der Waals surface area contributed by atoms with Gasteiger partial charge in [-0.15, -0.1) is 0 Å². The summed E-state index contributed by atoms with van der Waals surface area (Å²) >= 11 is 0. The van der Waals surface area contributed by atoms with E-state index in [2.05, 4.69) is 46.4 Å². The van der Waals surface area contributed by atoms with E-state index < -0.39 is 0 Å². The van der Waals surface area contributed by atoms with Crippen LogP contribution in [0.4, 0.5) is 11.5 Å². The average Bonchev–Trinajstić information content (AvgIpc) is 2.46. The summed E-state index contributed by atoms with van der Waals surface area (Å²) in [4.78, 5) is 24.6. The quantitative estimate of drug-likeness (QED) is 0.905. The van der Waals surface area contributed by atoms with Crippen molar-refractivity contribution in [3.8, 4) is 0 Å². The van der Waals surface area contributed by atoms with E-state index in [4.69, 9.17) is 0 Å². The van der Waals surface area contributed by atoms with E-state index >= 15 is 0 Å². The molecule has 2 aromatic rings. The topological polar surface area (TPSA) is 79.8 Å². The Balaban J connectivity index is 2.32. The van der Waals surface area contributed by atoms with Gasteiger partial charge in [0, 0.05) is 23.7 Å². The van der Waals surface area contributed by atoms with Crippen molar-refractivity contribution in [2.75, 3.05) is 17.7 Å². The van der Waals surface area contributed by atoms with Gasteiger partial charge in [0.15, 0.2) is 0 Å². The van der Waals surface area contributed by atoms with E-state index in [1.54, 1.807) is 31.6 Å². The maximum atomic E-state index is 12.3. The summed E-state index contributed by atoms with van der Waals surface area (Å²) in [6, 6.07) is 3.52. The highest BCUT2D eigenvalue weighted by Gasteiger charge is 2.19. The predicted octanol–water partition coefficient (Wildman–Crippen LogP) is 2.46. The lowest BCUT2D eigenvalue weighted by Crippen LogP contribution is -2.18. The SMILES string of the molecule is CNc1cc(C(=O)Nc2cncnc2)cc(C(C)(C)C)n1. The molecule has 21 heavy (non-hydrogen) atoms. The normalized spacial score (nSPS) is 11.0. The van der Waals surface area contributed by atoms with Crippen molar-refractivity contribution in [2.24, 2.45) is 0 Å². The van der Waals surface area contributed by atoms with Crippen LogP contribution < -0.4 is 10.6 Å². The monoisotopic (exact) mass is 285 g/mol. The maximum Gasteiger partial charge on any atom is 0.255 e. The van der Waals surface area contributed by atoms with E-state index in [1.165, 1.54) is 6.33 Å². The molecule has 6 heteroatoms. The highest BCUT2D eigenvalue weighted by atomic mass is 16.1. The number of hydrogen-bond acceptors (Lipinski definition) is 5. The first-order valence-corrected chi connectivity index (χ1v) is 6.67.